The van der Waals surface area contributed by atoms with Gasteiger partial charge in [-0.05, 0) is 38.1 Å². The van der Waals surface area contributed by atoms with E-state index < -0.39 is 46.2 Å². The fraction of sp³-hybridized carbons (Fsp3) is 0.333. The summed E-state index contributed by atoms with van der Waals surface area (Å²) in [4.78, 5) is -0.273. The van der Waals surface area contributed by atoms with Crippen molar-refractivity contribution >= 4 is 21.2 Å². The molecule has 0 heterocycles. The van der Waals surface area contributed by atoms with E-state index in [1.54, 1.807) is 26.0 Å². The van der Waals surface area contributed by atoms with Crippen LogP contribution in [0.3, 0.4) is 0 Å². The minimum Gasteiger partial charge on any atom is -0.377 e. The van der Waals surface area contributed by atoms with Gasteiger partial charge in [-0.3, -0.25) is 8.37 Å². The molecule has 2 aromatic carbocycles. The summed E-state index contributed by atoms with van der Waals surface area (Å²) in [6.07, 6.45) is -5.30. The fourth-order valence-electron chi connectivity index (χ4n) is 2.02. The summed E-state index contributed by atoms with van der Waals surface area (Å²) < 4.78 is 85.4. The Morgan fingerprint density at radius 1 is 0.931 bits per heavy atom. The minimum atomic E-state index is -5.30. The summed E-state index contributed by atoms with van der Waals surface area (Å²) in [7, 11) is -4.56. The number of alkyl halides is 3. The molecule has 6 nitrogen and oxygen atoms in total. The predicted octanol–water partition coefficient (Wildman–Crippen LogP) is 3.04. The first-order chi connectivity index (χ1) is 13.3. The van der Waals surface area contributed by atoms with Crippen LogP contribution in [0.4, 0.5) is 13.2 Å². The Kier molecular flexibility index (Phi) is 7.23. The fourth-order valence-corrected chi connectivity index (χ4v) is 3.77. The topological polar surface area (TPSA) is 89.9 Å². The third-order valence-electron chi connectivity index (χ3n) is 3.91. The van der Waals surface area contributed by atoms with Gasteiger partial charge in [-0.1, -0.05) is 35.4 Å². The molecule has 0 saturated heterocycles. The third-order valence-corrected chi connectivity index (χ3v) is 6.18. The molecule has 0 aromatic heterocycles. The summed E-state index contributed by atoms with van der Waals surface area (Å²) in [5.74, 6) is 0. The van der Waals surface area contributed by atoms with Crippen molar-refractivity contribution in [2.24, 2.45) is 0 Å². The van der Waals surface area contributed by atoms with Gasteiger partial charge in [0.05, 0.1) is 9.79 Å². The zero-order valence-corrected chi connectivity index (χ0v) is 17.1. The molecule has 2 unspecified atom stereocenters. The maximum Gasteiger partial charge on any atom is 0.421 e. The van der Waals surface area contributed by atoms with E-state index in [2.05, 4.69) is 8.37 Å². The molecule has 0 saturated carbocycles. The van der Waals surface area contributed by atoms with E-state index >= 15 is 0 Å². The Labute approximate surface area is 169 Å². The van der Waals surface area contributed by atoms with Crippen molar-refractivity contribution in [1.29, 1.82) is 0 Å². The van der Waals surface area contributed by atoms with Crippen molar-refractivity contribution in [2.75, 3.05) is 13.2 Å². The van der Waals surface area contributed by atoms with E-state index in [4.69, 9.17) is 0 Å². The Bertz CT molecular complexity index is 957. The molecule has 29 heavy (non-hydrogen) atoms. The van der Waals surface area contributed by atoms with Gasteiger partial charge in [0.2, 0.25) is 5.60 Å². The normalized spacial score (nSPS) is 15.7. The summed E-state index contributed by atoms with van der Waals surface area (Å²) in [6.45, 7) is 0.325. The summed E-state index contributed by atoms with van der Waals surface area (Å²) >= 11 is -2.30. The van der Waals surface area contributed by atoms with Crippen molar-refractivity contribution in [3.63, 3.8) is 0 Å². The molecular formula is C18H19F3O6S2. The first-order valence-electron chi connectivity index (χ1n) is 8.21. The SMILES string of the molecule is Cc1ccc(S(=O)OCC(O)(COS(=O)(=O)c2ccc(C)cc2)C(F)(F)F)cc1. The molecule has 0 fully saturated rings. The van der Waals surface area contributed by atoms with Crippen LogP contribution in [0.2, 0.25) is 0 Å². The zero-order valence-electron chi connectivity index (χ0n) is 15.5. The lowest BCUT2D eigenvalue weighted by Gasteiger charge is -2.29. The van der Waals surface area contributed by atoms with Crippen molar-refractivity contribution in [3.8, 4) is 0 Å². The molecule has 0 radical (unpaired) electrons. The average molecular weight is 452 g/mol. The highest BCUT2D eigenvalue weighted by Crippen LogP contribution is 2.32. The molecule has 0 bridgehead atoms. The van der Waals surface area contributed by atoms with Crippen LogP contribution in [0.15, 0.2) is 58.3 Å². The van der Waals surface area contributed by atoms with Crippen LogP contribution in [-0.2, 0) is 29.6 Å². The van der Waals surface area contributed by atoms with Crippen molar-refractivity contribution in [1.82, 2.24) is 0 Å². The highest BCUT2D eigenvalue weighted by atomic mass is 32.2. The summed E-state index contributed by atoms with van der Waals surface area (Å²) in [6, 6.07) is 11.2. The molecular weight excluding hydrogens is 433 g/mol. The van der Waals surface area contributed by atoms with Crippen LogP contribution >= 0.6 is 0 Å². The molecule has 0 aliphatic heterocycles. The Morgan fingerprint density at radius 3 is 1.90 bits per heavy atom. The van der Waals surface area contributed by atoms with E-state index in [1.807, 2.05) is 0 Å². The Morgan fingerprint density at radius 2 is 1.41 bits per heavy atom. The van der Waals surface area contributed by atoms with Gasteiger partial charge in [0, 0.05) is 0 Å². The van der Waals surface area contributed by atoms with Crippen LogP contribution < -0.4 is 0 Å². The molecule has 160 valence electrons. The molecule has 2 aromatic rings. The van der Waals surface area contributed by atoms with Crippen molar-refractivity contribution < 1.29 is 39.3 Å². The van der Waals surface area contributed by atoms with Gasteiger partial charge in [-0.25, -0.2) is 4.21 Å². The molecule has 0 spiro atoms. The second kappa shape index (κ2) is 8.92. The number of hydrogen-bond acceptors (Lipinski definition) is 6. The van der Waals surface area contributed by atoms with Gasteiger partial charge in [-0.15, -0.1) is 0 Å². The lowest BCUT2D eigenvalue weighted by Crippen LogP contribution is -2.53. The number of halogens is 3. The number of aliphatic hydroxyl groups is 1. The molecule has 2 rings (SSSR count). The molecule has 0 aliphatic carbocycles. The number of aryl methyl sites for hydroxylation is 2. The molecule has 0 aliphatic rings. The standard InChI is InChI=1S/C18H19F3O6S2/c1-13-3-7-15(8-4-13)28(23)26-11-17(22,18(19,20)21)12-27-29(24,25)16-9-5-14(2)6-10-16/h3-10,22H,11-12H2,1-2H3. The van der Waals surface area contributed by atoms with Gasteiger partial charge >= 0.3 is 6.18 Å². The van der Waals surface area contributed by atoms with E-state index in [9.17, 15) is 30.9 Å². The van der Waals surface area contributed by atoms with Gasteiger partial charge in [0.25, 0.3) is 10.1 Å². The highest BCUT2D eigenvalue weighted by molar-refractivity contribution is 7.86. The van der Waals surface area contributed by atoms with Gasteiger partial charge in [0.15, 0.2) is 11.1 Å². The lowest BCUT2D eigenvalue weighted by atomic mass is 10.1. The lowest BCUT2D eigenvalue weighted by molar-refractivity contribution is -0.275. The second-order valence-electron chi connectivity index (χ2n) is 6.37. The Balaban J connectivity index is 2.12. The molecule has 0 amide bonds. The molecule has 1 N–H and O–H groups in total. The quantitative estimate of drug-likeness (QED) is 0.620. The number of rotatable bonds is 8. The third kappa shape index (κ3) is 6.09. The van der Waals surface area contributed by atoms with E-state index in [0.717, 1.165) is 11.1 Å². The number of hydrogen-bond donors (Lipinski definition) is 1. The Hall–Kier alpha value is -1.79. The maximum atomic E-state index is 13.3. The van der Waals surface area contributed by atoms with E-state index in [-0.39, 0.29) is 9.79 Å². The van der Waals surface area contributed by atoms with Crippen LogP contribution in [0, 0.1) is 13.8 Å². The van der Waals surface area contributed by atoms with Crippen LogP contribution in [-0.4, -0.2) is 42.7 Å². The average Bonchev–Trinajstić information content (AvgIpc) is 2.64. The van der Waals surface area contributed by atoms with Crippen LogP contribution in [0.1, 0.15) is 11.1 Å². The van der Waals surface area contributed by atoms with Crippen molar-refractivity contribution in [3.05, 3.63) is 59.7 Å². The summed E-state index contributed by atoms with van der Waals surface area (Å²) in [5, 5.41) is 9.97. The summed E-state index contributed by atoms with van der Waals surface area (Å²) in [5.41, 5.74) is -2.11. The van der Waals surface area contributed by atoms with Gasteiger partial charge in [-0.2, -0.15) is 21.6 Å². The van der Waals surface area contributed by atoms with Crippen LogP contribution in [0.5, 0.6) is 0 Å². The smallest absolute Gasteiger partial charge is 0.377 e. The minimum absolute atomic E-state index is 0.0910. The molecule has 11 heteroatoms. The van der Waals surface area contributed by atoms with E-state index in [1.165, 1.54) is 36.4 Å². The van der Waals surface area contributed by atoms with Crippen LogP contribution in [0.25, 0.3) is 0 Å². The maximum absolute atomic E-state index is 13.3. The second-order valence-corrected chi connectivity index (χ2v) is 9.16. The number of benzene rings is 2. The van der Waals surface area contributed by atoms with Crippen molar-refractivity contribution in [2.45, 2.75) is 35.4 Å². The largest absolute Gasteiger partial charge is 0.421 e. The molecule has 2 atom stereocenters. The first-order valence-corrected chi connectivity index (χ1v) is 10.7. The predicted molar refractivity (Wildman–Crippen MR) is 98.9 cm³/mol. The van der Waals surface area contributed by atoms with Gasteiger partial charge < -0.3 is 5.11 Å². The first kappa shape index (κ1) is 23.5. The monoisotopic (exact) mass is 452 g/mol. The zero-order chi connectivity index (χ0) is 21.9. The van der Waals surface area contributed by atoms with Gasteiger partial charge in [0.1, 0.15) is 13.2 Å². The van der Waals surface area contributed by atoms with E-state index in [0.29, 0.717) is 0 Å². The highest BCUT2D eigenvalue weighted by Gasteiger charge is 2.55.